The van der Waals surface area contributed by atoms with Crippen LogP contribution in [0.15, 0.2) is 72.8 Å². The smallest absolute Gasteiger partial charge is 0.418 e. The van der Waals surface area contributed by atoms with Crippen LogP contribution in [-0.4, -0.2) is 9.78 Å². The summed E-state index contributed by atoms with van der Waals surface area (Å²) in [4.78, 5) is 0. The first-order chi connectivity index (χ1) is 18.5. The minimum absolute atomic E-state index is 0.154. The van der Waals surface area contributed by atoms with E-state index in [1.807, 2.05) is 0 Å². The molecule has 0 aliphatic heterocycles. The van der Waals surface area contributed by atoms with Gasteiger partial charge in [0.05, 0.1) is 28.4 Å². The van der Waals surface area contributed by atoms with Crippen LogP contribution in [0.4, 0.5) is 26.3 Å². The predicted octanol–water partition coefficient (Wildman–Crippen LogP) is 9.07. The number of halogens is 8. The van der Waals surface area contributed by atoms with Gasteiger partial charge in [-0.1, -0.05) is 53.5 Å². The van der Waals surface area contributed by atoms with E-state index in [1.165, 1.54) is 41.1 Å². The Morgan fingerprint density at radius 3 is 2.36 bits per heavy atom. The summed E-state index contributed by atoms with van der Waals surface area (Å²) in [5, 5.41) is 4.28. The summed E-state index contributed by atoms with van der Waals surface area (Å²) >= 11 is 11.6. The molecule has 11 heteroatoms. The van der Waals surface area contributed by atoms with Crippen LogP contribution in [0.5, 0.6) is 5.75 Å². The van der Waals surface area contributed by atoms with Gasteiger partial charge >= 0.3 is 6.18 Å². The van der Waals surface area contributed by atoms with Crippen LogP contribution in [0.25, 0.3) is 22.2 Å². The van der Waals surface area contributed by atoms with Crippen LogP contribution in [-0.2, 0) is 19.3 Å². The molecule has 0 aliphatic rings. The summed E-state index contributed by atoms with van der Waals surface area (Å²) in [6.07, 6.45) is -4.68. The number of rotatable bonds is 6. The van der Waals surface area contributed by atoms with Crippen LogP contribution in [0, 0.1) is 17.5 Å². The molecule has 0 amide bonds. The van der Waals surface area contributed by atoms with Crippen molar-refractivity contribution in [2.45, 2.75) is 19.3 Å². The third kappa shape index (κ3) is 5.42. The van der Waals surface area contributed by atoms with Crippen LogP contribution < -0.4 is 4.74 Å². The molecule has 200 valence electrons. The number of hydrogen-bond acceptors (Lipinski definition) is 2. The molecule has 4 aromatic carbocycles. The van der Waals surface area contributed by atoms with E-state index >= 15 is 0 Å². The Hall–Kier alpha value is -3.69. The minimum Gasteiger partial charge on any atom is -0.489 e. The fraction of sp³-hybridized carbons (Fsp3) is 0.107. The highest BCUT2D eigenvalue weighted by molar-refractivity contribution is 6.31. The van der Waals surface area contributed by atoms with Gasteiger partial charge in [0.15, 0.2) is 5.82 Å². The molecule has 0 bridgehead atoms. The fourth-order valence-electron chi connectivity index (χ4n) is 4.20. The Balaban J connectivity index is 1.60. The molecule has 0 fully saturated rings. The number of ether oxygens (including phenoxy) is 1. The second kappa shape index (κ2) is 10.5. The summed E-state index contributed by atoms with van der Waals surface area (Å²) in [5.74, 6) is -2.27. The van der Waals surface area contributed by atoms with Gasteiger partial charge in [-0.15, -0.1) is 0 Å². The maximum Gasteiger partial charge on any atom is 0.418 e. The Morgan fingerprint density at radius 1 is 0.846 bits per heavy atom. The topological polar surface area (TPSA) is 27.1 Å². The molecule has 1 aromatic heterocycles. The lowest BCUT2D eigenvalue weighted by Crippen LogP contribution is -2.07. The Kier molecular flexibility index (Phi) is 7.22. The molecule has 0 N–H and O–H groups in total. The summed E-state index contributed by atoms with van der Waals surface area (Å²) < 4.78 is 91.3. The van der Waals surface area contributed by atoms with Gasteiger partial charge in [-0.3, -0.25) is 4.68 Å². The Bertz CT molecular complexity index is 1700. The van der Waals surface area contributed by atoms with Crippen molar-refractivity contribution in [3.63, 3.8) is 0 Å². The third-order valence-electron chi connectivity index (χ3n) is 6.04. The van der Waals surface area contributed by atoms with Crippen molar-refractivity contribution in [3.8, 4) is 17.0 Å². The molecule has 0 saturated carbocycles. The van der Waals surface area contributed by atoms with Gasteiger partial charge < -0.3 is 4.74 Å². The highest BCUT2D eigenvalue weighted by Crippen LogP contribution is 2.39. The molecule has 1 heterocycles. The van der Waals surface area contributed by atoms with Gasteiger partial charge in [-0.2, -0.15) is 18.3 Å². The van der Waals surface area contributed by atoms with Crippen molar-refractivity contribution in [3.05, 3.63) is 117 Å². The monoisotopic (exact) mass is 580 g/mol. The molecular formula is C28H16Cl2F6N2O. The van der Waals surface area contributed by atoms with Gasteiger partial charge in [-0.05, 0) is 42.5 Å². The first-order valence-corrected chi connectivity index (χ1v) is 12.1. The zero-order chi connectivity index (χ0) is 27.9. The number of hydrogen-bond donors (Lipinski definition) is 0. The average Bonchev–Trinajstić information content (AvgIpc) is 3.25. The minimum atomic E-state index is -4.68. The highest BCUT2D eigenvalue weighted by Gasteiger charge is 2.34. The number of nitrogens with zero attached hydrogens (tertiary/aromatic N) is 2. The van der Waals surface area contributed by atoms with Crippen molar-refractivity contribution in [1.29, 1.82) is 0 Å². The summed E-state index contributed by atoms with van der Waals surface area (Å²) in [7, 11) is 0. The van der Waals surface area contributed by atoms with Gasteiger partial charge in [0.25, 0.3) is 0 Å². The van der Waals surface area contributed by atoms with E-state index in [0.29, 0.717) is 5.56 Å². The first kappa shape index (κ1) is 26.9. The molecule has 0 aliphatic carbocycles. The molecule has 0 atom stereocenters. The normalized spacial score (nSPS) is 11.8. The van der Waals surface area contributed by atoms with Crippen LogP contribution in [0.3, 0.4) is 0 Å². The SMILES string of the molecule is Fc1cc(Cl)ccc1Cn1nc2c(C(F)(F)F)cccc2c1-c1cccc(OCc2c(F)ccc(Cl)c2F)c1. The molecule has 0 unspecified atom stereocenters. The standard InChI is InChI=1S/C28H16Cl2F6N2O/c29-17-8-7-16(24(32)12-17)13-38-27(19-5-2-6-21(26(19)37-38)28(34,35)36)15-3-1-4-18(11-15)39-14-20-23(31)10-9-22(30)25(20)33/h1-12H,13-14H2. The Labute approximate surface area is 228 Å². The van der Waals surface area contributed by atoms with E-state index in [-0.39, 0.29) is 50.1 Å². The van der Waals surface area contributed by atoms with Crippen molar-refractivity contribution in [2.24, 2.45) is 0 Å². The maximum atomic E-state index is 14.6. The van der Waals surface area contributed by atoms with Gasteiger partial charge in [0.2, 0.25) is 0 Å². The van der Waals surface area contributed by atoms with Gasteiger partial charge in [0, 0.05) is 21.5 Å². The van der Waals surface area contributed by atoms with E-state index < -0.39 is 35.8 Å². The second-order valence-corrected chi connectivity index (χ2v) is 9.42. The van der Waals surface area contributed by atoms with Crippen molar-refractivity contribution in [1.82, 2.24) is 9.78 Å². The number of benzene rings is 4. The molecular weight excluding hydrogens is 565 g/mol. The highest BCUT2D eigenvalue weighted by atomic mass is 35.5. The summed E-state index contributed by atoms with van der Waals surface area (Å²) in [6.45, 7) is -0.690. The molecule has 3 nitrogen and oxygen atoms in total. The van der Waals surface area contributed by atoms with Crippen molar-refractivity contribution >= 4 is 34.1 Å². The lowest BCUT2D eigenvalue weighted by Gasteiger charge is -2.12. The van der Waals surface area contributed by atoms with Crippen LogP contribution >= 0.6 is 23.2 Å². The molecule has 0 saturated heterocycles. The zero-order valence-electron chi connectivity index (χ0n) is 19.7. The van der Waals surface area contributed by atoms with E-state index in [4.69, 9.17) is 27.9 Å². The molecule has 0 spiro atoms. The lowest BCUT2D eigenvalue weighted by atomic mass is 10.0. The summed E-state index contributed by atoms with van der Waals surface area (Å²) in [6, 6.07) is 15.9. The molecule has 0 radical (unpaired) electrons. The van der Waals surface area contributed by atoms with Crippen LogP contribution in [0.1, 0.15) is 16.7 Å². The van der Waals surface area contributed by atoms with E-state index in [0.717, 1.165) is 24.3 Å². The number of alkyl halides is 3. The third-order valence-corrected chi connectivity index (χ3v) is 6.57. The average molecular weight is 581 g/mol. The molecule has 5 rings (SSSR count). The Morgan fingerprint density at radius 2 is 1.62 bits per heavy atom. The number of aromatic nitrogens is 2. The maximum absolute atomic E-state index is 14.6. The first-order valence-electron chi connectivity index (χ1n) is 11.4. The lowest BCUT2D eigenvalue weighted by molar-refractivity contribution is -0.136. The predicted molar refractivity (Wildman–Crippen MR) is 136 cm³/mol. The van der Waals surface area contributed by atoms with Crippen molar-refractivity contribution < 1.29 is 31.1 Å². The zero-order valence-corrected chi connectivity index (χ0v) is 21.2. The fourth-order valence-corrected chi connectivity index (χ4v) is 4.54. The van der Waals surface area contributed by atoms with Gasteiger partial charge in [-0.25, -0.2) is 13.2 Å². The number of fused-ring (bicyclic) bond motifs is 1. The molecule has 39 heavy (non-hydrogen) atoms. The van der Waals surface area contributed by atoms with Crippen LogP contribution in [0.2, 0.25) is 10.0 Å². The molecule has 5 aromatic rings. The summed E-state index contributed by atoms with van der Waals surface area (Å²) in [5.41, 5.74) is -0.843. The quantitative estimate of drug-likeness (QED) is 0.148. The second-order valence-electron chi connectivity index (χ2n) is 8.58. The van der Waals surface area contributed by atoms with E-state index in [9.17, 15) is 26.3 Å². The largest absolute Gasteiger partial charge is 0.489 e. The van der Waals surface area contributed by atoms with Gasteiger partial charge in [0.1, 0.15) is 29.5 Å². The van der Waals surface area contributed by atoms with Crippen molar-refractivity contribution in [2.75, 3.05) is 0 Å². The van der Waals surface area contributed by atoms with E-state index in [1.54, 1.807) is 12.1 Å². The van der Waals surface area contributed by atoms with E-state index in [2.05, 4.69) is 5.10 Å².